The van der Waals surface area contributed by atoms with E-state index in [1.54, 1.807) is 0 Å². The summed E-state index contributed by atoms with van der Waals surface area (Å²) in [5, 5.41) is 3.29. The Bertz CT molecular complexity index is 586. The summed E-state index contributed by atoms with van der Waals surface area (Å²) in [5.41, 5.74) is 6.45. The van der Waals surface area contributed by atoms with Gasteiger partial charge in [-0.2, -0.15) is 0 Å². The third kappa shape index (κ3) is 4.74. The van der Waals surface area contributed by atoms with Crippen molar-refractivity contribution in [3.63, 3.8) is 0 Å². The lowest BCUT2D eigenvalue weighted by Crippen LogP contribution is -2.48. The molecule has 1 aliphatic carbocycles. The summed E-state index contributed by atoms with van der Waals surface area (Å²) in [6.45, 7) is 1.52. The van der Waals surface area contributed by atoms with Crippen LogP contribution in [0.5, 0.6) is 0 Å². The molecule has 1 heterocycles. The monoisotopic (exact) mass is 343 g/mol. The number of hydrogen-bond donors (Lipinski definition) is 2. The van der Waals surface area contributed by atoms with Gasteiger partial charge in [0.2, 0.25) is 5.91 Å². The van der Waals surface area contributed by atoms with Crippen molar-refractivity contribution < 1.29 is 9.59 Å². The van der Waals surface area contributed by atoms with E-state index in [0.717, 1.165) is 32.4 Å². The standard InChI is InChI=1S/C20H29N3O2/c21-18(24)12-11-15-6-5-13-23(14-15)20(25)22-19(17-9-4-10-17)16-7-2-1-3-8-16/h1-3,7-8,15,17,19H,4-6,9-14H2,(H2,21,24)(H,22,25)/t15-,19-/m0/s1. The molecule has 3 amide bonds. The van der Waals surface area contributed by atoms with Crippen molar-refractivity contribution in [2.45, 2.75) is 51.0 Å². The zero-order valence-corrected chi connectivity index (χ0v) is 14.8. The van der Waals surface area contributed by atoms with Crippen LogP contribution < -0.4 is 11.1 Å². The van der Waals surface area contributed by atoms with Gasteiger partial charge in [0.25, 0.3) is 0 Å². The molecule has 1 saturated heterocycles. The quantitative estimate of drug-likeness (QED) is 0.832. The van der Waals surface area contributed by atoms with Gasteiger partial charge in [-0.15, -0.1) is 0 Å². The molecule has 1 aromatic carbocycles. The Hall–Kier alpha value is -2.04. The first-order valence-electron chi connectivity index (χ1n) is 9.52. The molecule has 3 rings (SSSR count). The van der Waals surface area contributed by atoms with Crippen LogP contribution in [0.2, 0.25) is 0 Å². The van der Waals surface area contributed by atoms with Gasteiger partial charge >= 0.3 is 6.03 Å². The van der Waals surface area contributed by atoms with E-state index in [4.69, 9.17) is 5.73 Å². The number of hydrogen-bond acceptors (Lipinski definition) is 2. The number of benzene rings is 1. The highest BCUT2D eigenvalue weighted by molar-refractivity contribution is 5.75. The summed E-state index contributed by atoms with van der Waals surface area (Å²) >= 11 is 0. The fraction of sp³-hybridized carbons (Fsp3) is 0.600. The van der Waals surface area contributed by atoms with E-state index in [1.165, 1.54) is 24.8 Å². The Kier molecular flexibility index (Phi) is 5.95. The van der Waals surface area contributed by atoms with Gasteiger partial charge in [0.15, 0.2) is 0 Å². The number of carbonyl (C=O) groups is 2. The predicted octanol–water partition coefficient (Wildman–Crippen LogP) is 3.21. The summed E-state index contributed by atoms with van der Waals surface area (Å²) in [4.78, 5) is 25.8. The highest BCUT2D eigenvalue weighted by Gasteiger charge is 2.32. The van der Waals surface area contributed by atoms with E-state index in [1.807, 2.05) is 23.1 Å². The van der Waals surface area contributed by atoms with Crippen molar-refractivity contribution in [1.82, 2.24) is 10.2 Å². The molecule has 0 radical (unpaired) electrons. The number of amides is 3. The molecule has 1 aromatic rings. The van der Waals surface area contributed by atoms with Crippen LogP contribution in [0.25, 0.3) is 0 Å². The van der Waals surface area contributed by atoms with Crippen LogP contribution in [-0.2, 0) is 4.79 Å². The molecule has 2 aliphatic rings. The van der Waals surface area contributed by atoms with Crippen molar-refractivity contribution in [2.75, 3.05) is 13.1 Å². The lowest BCUT2D eigenvalue weighted by atomic mass is 9.77. The topological polar surface area (TPSA) is 75.4 Å². The number of nitrogens with zero attached hydrogens (tertiary/aromatic N) is 1. The maximum absolute atomic E-state index is 12.8. The van der Waals surface area contributed by atoms with Crippen molar-refractivity contribution >= 4 is 11.9 Å². The molecule has 1 aliphatic heterocycles. The minimum Gasteiger partial charge on any atom is -0.370 e. The molecular weight excluding hydrogens is 314 g/mol. The Morgan fingerprint density at radius 1 is 1.16 bits per heavy atom. The molecule has 5 nitrogen and oxygen atoms in total. The Labute approximate surface area is 150 Å². The van der Waals surface area contributed by atoms with Crippen LogP contribution in [0.4, 0.5) is 4.79 Å². The third-order valence-electron chi connectivity index (χ3n) is 5.66. The number of piperidine rings is 1. The zero-order valence-electron chi connectivity index (χ0n) is 14.8. The molecule has 136 valence electrons. The van der Waals surface area contributed by atoms with Crippen molar-refractivity contribution in [2.24, 2.45) is 17.6 Å². The van der Waals surface area contributed by atoms with Crippen molar-refractivity contribution in [3.8, 4) is 0 Å². The van der Waals surface area contributed by atoms with Crippen LogP contribution in [0.3, 0.4) is 0 Å². The molecule has 2 atom stereocenters. The Morgan fingerprint density at radius 2 is 1.92 bits per heavy atom. The molecule has 3 N–H and O–H groups in total. The average Bonchev–Trinajstić information content (AvgIpc) is 2.59. The molecule has 0 spiro atoms. The minimum absolute atomic E-state index is 0.0320. The zero-order chi connectivity index (χ0) is 17.6. The fourth-order valence-corrected chi connectivity index (χ4v) is 3.96. The highest BCUT2D eigenvalue weighted by Crippen LogP contribution is 2.37. The number of rotatable bonds is 6. The van der Waals surface area contributed by atoms with Gasteiger partial charge in [-0.25, -0.2) is 4.79 Å². The van der Waals surface area contributed by atoms with E-state index < -0.39 is 0 Å². The third-order valence-corrected chi connectivity index (χ3v) is 5.66. The highest BCUT2D eigenvalue weighted by atomic mass is 16.2. The van der Waals surface area contributed by atoms with Crippen LogP contribution in [0.1, 0.15) is 56.6 Å². The molecule has 0 bridgehead atoms. The number of carbonyl (C=O) groups excluding carboxylic acids is 2. The molecule has 1 saturated carbocycles. The SMILES string of the molecule is NC(=O)CC[C@@H]1CCCN(C(=O)N[C@@H](c2ccccc2)C2CCC2)C1. The fourth-order valence-electron chi connectivity index (χ4n) is 3.96. The van der Waals surface area contributed by atoms with Crippen molar-refractivity contribution in [1.29, 1.82) is 0 Å². The minimum atomic E-state index is -0.254. The maximum atomic E-state index is 12.8. The van der Waals surface area contributed by atoms with E-state index >= 15 is 0 Å². The predicted molar refractivity (Wildman–Crippen MR) is 97.8 cm³/mol. The van der Waals surface area contributed by atoms with Gasteiger partial charge in [-0.1, -0.05) is 36.8 Å². The van der Waals surface area contributed by atoms with Crippen molar-refractivity contribution in [3.05, 3.63) is 35.9 Å². The van der Waals surface area contributed by atoms with Gasteiger partial charge in [0, 0.05) is 19.5 Å². The number of nitrogens with two attached hydrogens (primary N) is 1. The molecule has 2 fully saturated rings. The van der Waals surface area contributed by atoms with Crippen LogP contribution in [0.15, 0.2) is 30.3 Å². The first-order chi connectivity index (χ1) is 12.1. The molecular formula is C20H29N3O2. The van der Waals surface area contributed by atoms with E-state index in [-0.39, 0.29) is 18.0 Å². The van der Waals surface area contributed by atoms with Gasteiger partial charge in [0.05, 0.1) is 6.04 Å². The maximum Gasteiger partial charge on any atom is 0.317 e. The van der Waals surface area contributed by atoms with E-state index in [9.17, 15) is 9.59 Å². The van der Waals surface area contributed by atoms with Gasteiger partial charge in [-0.05, 0) is 49.5 Å². The largest absolute Gasteiger partial charge is 0.370 e. The van der Waals surface area contributed by atoms with Gasteiger partial charge < -0.3 is 16.0 Å². The number of primary amides is 1. The smallest absolute Gasteiger partial charge is 0.317 e. The van der Waals surface area contributed by atoms with Crippen LogP contribution in [0, 0.1) is 11.8 Å². The van der Waals surface area contributed by atoms with Crippen LogP contribution in [-0.4, -0.2) is 29.9 Å². The average molecular weight is 343 g/mol. The molecule has 25 heavy (non-hydrogen) atoms. The second kappa shape index (κ2) is 8.37. The first-order valence-corrected chi connectivity index (χ1v) is 9.52. The van der Waals surface area contributed by atoms with E-state index in [0.29, 0.717) is 18.3 Å². The summed E-state index contributed by atoms with van der Waals surface area (Å²) in [6.07, 6.45) is 6.88. The molecule has 0 unspecified atom stereocenters. The first kappa shape index (κ1) is 17.8. The molecule has 5 heteroatoms. The lowest BCUT2D eigenvalue weighted by molar-refractivity contribution is -0.118. The van der Waals surface area contributed by atoms with Crippen LogP contribution >= 0.6 is 0 Å². The summed E-state index contributed by atoms with van der Waals surface area (Å²) in [7, 11) is 0. The second-order valence-corrected chi connectivity index (χ2v) is 7.49. The Morgan fingerprint density at radius 3 is 2.56 bits per heavy atom. The normalized spacial score (nSPS) is 22.1. The number of likely N-dealkylation sites (tertiary alicyclic amines) is 1. The summed E-state index contributed by atoms with van der Waals surface area (Å²) in [6, 6.07) is 10.4. The number of nitrogens with one attached hydrogen (secondary N) is 1. The second-order valence-electron chi connectivity index (χ2n) is 7.49. The summed E-state index contributed by atoms with van der Waals surface area (Å²) in [5.74, 6) is 0.670. The lowest BCUT2D eigenvalue weighted by Gasteiger charge is -2.38. The van der Waals surface area contributed by atoms with Gasteiger partial charge in [0.1, 0.15) is 0 Å². The molecule has 0 aromatic heterocycles. The van der Waals surface area contributed by atoms with Gasteiger partial charge in [-0.3, -0.25) is 4.79 Å². The van der Waals surface area contributed by atoms with E-state index in [2.05, 4.69) is 17.4 Å². The summed E-state index contributed by atoms with van der Waals surface area (Å²) < 4.78 is 0. The Balaban J connectivity index is 1.60. The number of urea groups is 1.